The second-order valence-corrected chi connectivity index (χ2v) is 10.6. The van der Waals surface area contributed by atoms with Crippen LogP contribution in [0.4, 0.5) is 5.69 Å². The molecule has 5 nitrogen and oxygen atoms in total. The molecule has 1 atom stereocenters. The molecular formula is C26H22N4OS2. The molecule has 33 heavy (non-hydrogen) atoms. The molecule has 0 spiro atoms. The number of para-hydroxylation sites is 1. The van der Waals surface area contributed by atoms with Gasteiger partial charge in [-0.1, -0.05) is 36.0 Å². The smallest absolute Gasteiger partial charge is 0.237 e. The molecular weight excluding hydrogens is 448 g/mol. The Morgan fingerprint density at radius 1 is 1.15 bits per heavy atom. The fourth-order valence-corrected chi connectivity index (χ4v) is 6.90. The minimum absolute atomic E-state index is 0.111. The maximum atomic E-state index is 13.2. The zero-order valence-corrected chi connectivity index (χ0v) is 20.3. The summed E-state index contributed by atoms with van der Waals surface area (Å²) in [6, 6.07) is 14.9. The Balaban J connectivity index is 1.35. The average Bonchev–Trinajstić information content (AvgIpc) is 3.32. The Morgan fingerprint density at radius 2 is 2.00 bits per heavy atom. The second kappa shape index (κ2) is 7.78. The highest BCUT2D eigenvalue weighted by Crippen LogP contribution is 2.39. The molecule has 6 rings (SSSR count). The van der Waals surface area contributed by atoms with Gasteiger partial charge in [0.25, 0.3) is 0 Å². The first kappa shape index (κ1) is 20.6. The number of anilines is 1. The molecule has 0 fully saturated rings. The summed E-state index contributed by atoms with van der Waals surface area (Å²) in [5.74, 6) is 0.451. The third-order valence-corrected chi connectivity index (χ3v) is 8.48. The van der Waals surface area contributed by atoms with Crippen LogP contribution in [-0.2, 0) is 11.2 Å². The van der Waals surface area contributed by atoms with Crippen LogP contribution in [0.25, 0.3) is 31.3 Å². The Hall–Kier alpha value is -3.03. The van der Waals surface area contributed by atoms with Crippen molar-refractivity contribution < 1.29 is 4.79 Å². The third kappa shape index (κ3) is 3.38. The van der Waals surface area contributed by atoms with E-state index in [2.05, 4.69) is 55.0 Å². The lowest BCUT2D eigenvalue weighted by Crippen LogP contribution is -2.36. The first-order valence-electron chi connectivity index (χ1n) is 11.0. The van der Waals surface area contributed by atoms with Crippen molar-refractivity contribution in [2.75, 3.05) is 10.7 Å². The molecule has 3 aromatic heterocycles. The molecule has 0 N–H and O–H groups in total. The zero-order valence-electron chi connectivity index (χ0n) is 18.6. The highest BCUT2D eigenvalue weighted by Gasteiger charge is 2.30. The molecule has 4 heterocycles. The van der Waals surface area contributed by atoms with Crippen molar-refractivity contribution in [1.29, 1.82) is 0 Å². The van der Waals surface area contributed by atoms with Gasteiger partial charge >= 0.3 is 0 Å². The van der Waals surface area contributed by atoms with E-state index in [-0.39, 0.29) is 11.9 Å². The summed E-state index contributed by atoms with van der Waals surface area (Å²) in [5.41, 5.74) is 6.61. The molecule has 0 radical (unpaired) electrons. The van der Waals surface area contributed by atoms with Crippen molar-refractivity contribution in [2.45, 2.75) is 38.3 Å². The van der Waals surface area contributed by atoms with Crippen LogP contribution in [0.3, 0.4) is 0 Å². The standard InChI is InChI=1S/C26H22N4OS2/c1-14-8-15(2)18-11-19-23-24(33-25(19)29-20(18)9-14)26(28-13-27-23)32-12-22(31)30-16(3)10-17-6-4-5-7-21(17)30/h4-9,11,13,16H,10,12H2,1-3H3/t16-/m1/s1. The molecule has 0 saturated carbocycles. The van der Waals surface area contributed by atoms with Crippen LogP contribution in [0.1, 0.15) is 23.6 Å². The lowest BCUT2D eigenvalue weighted by atomic mass is 10.1. The molecule has 0 saturated heterocycles. The number of nitrogens with zero attached hydrogens (tertiary/aromatic N) is 4. The van der Waals surface area contributed by atoms with Gasteiger partial charge < -0.3 is 4.90 Å². The van der Waals surface area contributed by atoms with Crippen LogP contribution in [0, 0.1) is 13.8 Å². The number of rotatable bonds is 3. The number of pyridine rings is 1. The summed E-state index contributed by atoms with van der Waals surface area (Å²) in [4.78, 5) is 30.1. The van der Waals surface area contributed by atoms with Crippen LogP contribution in [0.2, 0.25) is 0 Å². The molecule has 2 aromatic carbocycles. The molecule has 1 amide bonds. The number of thioether (sulfide) groups is 1. The van der Waals surface area contributed by atoms with Gasteiger partial charge in [0.2, 0.25) is 5.91 Å². The molecule has 0 aliphatic carbocycles. The first-order valence-corrected chi connectivity index (χ1v) is 12.8. The average molecular weight is 471 g/mol. The Labute approximate surface area is 199 Å². The molecule has 0 unspecified atom stereocenters. The summed E-state index contributed by atoms with van der Waals surface area (Å²) in [6.07, 6.45) is 2.50. The fraction of sp³-hybridized carbons (Fsp3) is 0.231. The highest BCUT2D eigenvalue weighted by molar-refractivity contribution is 8.00. The van der Waals surface area contributed by atoms with E-state index in [9.17, 15) is 4.79 Å². The largest absolute Gasteiger partial charge is 0.308 e. The first-order chi connectivity index (χ1) is 16.0. The number of hydrogen-bond donors (Lipinski definition) is 0. The van der Waals surface area contributed by atoms with Crippen LogP contribution in [0.15, 0.2) is 53.8 Å². The quantitative estimate of drug-likeness (QED) is 0.236. The Kier molecular flexibility index (Phi) is 4.85. The van der Waals surface area contributed by atoms with Crippen LogP contribution in [-0.4, -0.2) is 32.7 Å². The second-order valence-electron chi connectivity index (χ2n) is 8.68. The molecule has 5 aromatic rings. The van der Waals surface area contributed by atoms with E-state index in [0.29, 0.717) is 5.75 Å². The van der Waals surface area contributed by atoms with Crippen molar-refractivity contribution in [3.05, 3.63) is 65.5 Å². The highest BCUT2D eigenvalue weighted by atomic mass is 32.2. The van der Waals surface area contributed by atoms with Crippen molar-refractivity contribution in [3.63, 3.8) is 0 Å². The lowest BCUT2D eigenvalue weighted by Gasteiger charge is -2.22. The number of benzene rings is 2. The molecule has 164 valence electrons. The van der Waals surface area contributed by atoms with Gasteiger partial charge in [0.05, 0.1) is 21.5 Å². The molecule has 0 bridgehead atoms. The number of fused-ring (bicyclic) bond motifs is 5. The van der Waals surface area contributed by atoms with E-state index in [1.165, 1.54) is 28.5 Å². The van der Waals surface area contributed by atoms with Gasteiger partial charge in [0.15, 0.2) is 0 Å². The Morgan fingerprint density at radius 3 is 2.88 bits per heavy atom. The van der Waals surface area contributed by atoms with Gasteiger partial charge in [-0.25, -0.2) is 15.0 Å². The topological polar surface area (TPSA) is 59.0 Å². The summed E-state index contributed by atoms with van der Waals surface area (Å²) in [5, 5.41) is 3.04. The molecule has 7 heteroatoms. The van der Waals surface area contributed by atoms with Gasteiger partial charge in [-0.2, -0.15) is 0 Å². The van der Waals surface area contributed by atoms with Gasteiger partial charge in [0.1, 0.15) is 16.2 Å². The van der Waals surface area contributed by atoms with Crippen molar-refractivity contribution in [3.8, 4) is 0 Å². The van der Waals surface area contributed by atoms with Crippen molar-refractivity contribution in [1.82, 2.24) is 15.0 Å². The normalized spacial score (nSPS) is 15.6. The Bertz CT molecular complexity index is 1580. The number of hydrogen-bond acceptors (Lipinski definition) is 6. The SMILES string of the molecule is Cc1cc(C)c2cc3c(nc2c1)sc1c(SCC(=O)N2c4ccccc4C[C@H]2C)ncnc13. The summed E-state index contributed by atoms with van der Waals surface area (Å²) in [6.45, 7) is 6.33. The van der Waals surface area contributed by atoms with Gasteiger partial charge in [-0.3, -0.25) is 4.79 Å². The van der Waals surface area contributed by atoms with E-state index in [0.717, 1.165) is 48.5 Å². The molecule has 1 aliphatic heterocycles. The zero-order chi connectivity index (χ0) is 22.7. The van der Waals surface area contributed by atoms with E-state index in [1.54, 1.807) is 17.7 Å². The number of thiophene rings is 1. The van der Waals surface area contributed by atoms with E-state index in [1.807, 2.05) is 23.1 Å². The summed E-state index contributed by atoms with van der Waals surface area (Å²) >= 11 is 3.09. The number of carbonyl (C=O) groups is 1. The van der Waals surface area contributed by atoms with Crippen molar-refractivity contribution in [2.24, 2.45) is 0 Å². The fourth-order valence-electron chi connectivity index (χ4n) is 4.85. The number of aryl methyl sites for hydroxylation is 2. The number of carbonyl (C=O) groups excluding carboxylic acids is 1. The third-order valence-electron chi connectivity index (χ3n) is 6.28. The maximum absolute atomic E-state index is 13.2. The lowest BCUT2D eigenvalue weighted by molar-refractivity contribution is -0.116. The van der Waals surface area contributed by atoms with Crippen LogP contribution < -0.4 is 4.90 Å². The van der Waals surface area contributed by atoms with E-state index in [4.69, 9.17) is 4.98 Å². The number of aromatic nitrogens is 3. The summed E-state index contributed by atoms with van der Waals surface area (Å²) in [7, 11) is 0. The predicted molar refractivity (Wildman–Crippen MR) is 138 cm³/mol. The monoisotopic (exact) mass is 470 g/mol. The minimum atomic E-state index is 0.111. The van der Waals surface area contributed by atoms with Crippen LogP contribution in [0.5, 0.6) is 0 Å². The van der Waals surface area contributed by atoms with Crippen LogP contribution >= 0.6 is 23.1 Å². The number of amides is 1. The molecule has 1 aliphatic rings. The van der Waals surface area contributed by atoms with Gasteiger partial charge in [0, 0.05) is 22.5 Å². The van der Waals surface area contributed by atoms with Gasteiger partial charge in [-0.05, 0) is 62.1 Å². The van der Waals surface area contributed by atoms with E-state index >= 15 is 0 Å². The minimum Gasteiger partial charge on any atom is -0.308 e. The summed E-state index contributed by atoms with van der Waals surface area (Å²) < 4.78 is 0.998. The van der Waals surface area contributed by atoms with Crippen molar-refractivity contribution >= 4 is 66.0 Å². The van der Waals surface area contributed by atoms with E-state index < -0.39 is 0 Å². The maximum Gasteiger partial charge on any atom is 0.237 e. The predicted octanol–water partition coefficient (Wildman–Crippen LogP) is 6.08. The van der Waals surface area contributed by atoms with Gasteiger partial charge in [-0.15, -0.1) is 11.3 Å².